The third-order valence-electron chi connectivity index (χ3n) is 3.80. The van der Waals surface area contributed by atoms with Gasteiger partial charge in [-0.05, 0) is 43.8 Å². The zero-order valence-corrected chi connectivity index (χ0v) is 13.9. The van der Waals surface area contributed by atoms with E-state index in [1.807, 2.05) is 22.7 Å². The van der Waals surface area contributed by atoms with Crippen molar-refractivity contribution in [2.24, 2.45) is 0 Å². The zero-order valence-electron chi connectivity index (χ0n) is 12.3. The Labute approximate surface area is 128 Å². The van der Waals surface area contributed by atoms with Crippen molar-refractivity contribution in [1.29, 1.82) is 0 Å². The maximum Gasteiger partial charge on any atom is 0.186 e. The van der Waals surface area contributed by atoms with Crippen LogP contribution in [-0.4, -0.2) is 18.1 Å². The van der Waals surface area contributed by atoms with Gasteiger partial charge in [0.2, 0.25) is 0 Å². The minimum absolute atomic E-state index is 0.396. The summed E-state index contributed by atoms with van der Waals surface area (Å²) >= 11 is 3.74. The largest absolute Gasteiger partial charge is 0.343 e. The van der Waals surface area contributed by atoms with Crippen LogP contribution in [0.25, 0.3) is 0 Å². The number of anilines is 1. The number of aryl methyl sites for hydroxylation is 1. The second kappa shape index (κ2) is 5.84. The molecule has 0 spiro atoms. The summed E-state index contributed by atoms with van der Waals surface area (Å²) in [5, 5.41) is 6.87. The number of thiazole rings is 1. The van der Waals surface area contributed by atoms with E-state index in [2.05, 4.69) is 42.4 Å². The third-order valence-corrected chi connectivity index (χ3v) is 6.23. The molecule has 3 heterocycles. The van der Waals surface area contributed by atoms with Gasteiger partial charge < -0.3 is 10.2 Å². The first-order valence-corrected chi connectivity index (χ1v) is 8.89. The lowest BCUT2D eigenvalue weighted by molar-refractivity contribution is 0.603. The maximum atomic E-state index is 4.80. The molecule has 3 nitrogen and oxygen atoms in total. The number of aromatic nitrogens is 1. The maximum absolute atomic E-state index is 4.80. The van der Waals surface area contributed by atoms with E-state index in [0.29, 0.717) is 6.04 Å². The Morgan fingerprint density at radius 1 is 1.50 bits per heavy atom. The number of thiophene rings is 1. The number of nitrogens with one attached hydrogen (secondary N) is 1. The number of hydrogen-bond acceptors (Lipinski definition) is 5. The van der Waals surface area contributed by atoms with Crippen LogP contribution in [-0.2, 0) is 13.0 Å². The predicted octanol–water partition coefficient (Wildman–Crippen LogP) is 3.75. The van der Waals surface area contributed by atoms with Crippen molar-refractivity contribution in [2.45, 2.75) is 39.8 Å². The van der Waals surface area contributed by atoms with Crippen LogP contribution >= 0.6 is 22.7 Å². The lowest BCUT2D eigenvalue weighted by Gasteiger charge is -2.26. The van der Waals surface area contributed by atoms with Crippen LogP contribution < -0.4 is 10.2 Å². The van der Waals surface area contributed by atoms with Gasteiger partial charge in [-0.1, -0.05) is 6.92 Å². The lowest BCUT2D eigenvalue weighted by atomic mass is 10.1. The molecule has 5 heteroatoms. The predicted molar refractivity (Wildman–Crippen MR) is 88.0 cm³/mol. The third kappa shape index (κ3) is 2.62. The minimum atomic E-state index is 0.396. The number of nitrogens with zero attached hydrogens (tertiary/aromatic N) is 2. The molecule has 1 N–H and O–H groups in total. The SMILES string of the molecule is CCNC(C)c1sc(N2CCc3sccc3C2)nc1C. The summed E-state index contributed by atoms with van der Waals surface area (Å²) in [5.74, 6) is 0. The van der Waals surface area contributed by atoms with E-state index in [-0.39, 0.29) is 0 Å². The van der Waals surface area contributed by atoms with Crippen molar-refractivity contribution >= 4 is 27.8 Å². The Bertz CT molecular complexity index is 588. The molecule has 0 amide bonds. The fraction of sp³-hybridized carbons (Fsp3) is 0.533. The van der Waals surface area contributed by atoms with E-state index in [1.54, 1.807) is 4.88 Å². The Balaban J connectivity index is 1.80. The van der Waals surface area contributed by atoms with Gasteiger partial charge in [0.15, 0.2) is 5.13 Å². The first-order chi connectivity index (χ1) is 9.69. The van der Waals surface area contributed by atoms with E-state index in [4.69, 9.17) is 4.98 Å². The summed E-state index contributed by atoms with van der Waals surface area (Å²) in [6, 6.07) is 2.65. The fourth-order valence-corrected chi connectivity index (χ4v) is 4.75. The Kier molecular flexibility index (Phi) is 4.10. The average molecular weight is 307 g/mol. The molecular weight excluding hydrogens is 286 g/mol. The summed E-state index contributed by atoms with van der Waals surface area (Å²) in [6.07, 6.45) is 1.16. The summed E-state index contributed by atoms with van der Waals surface area (Å²) in [5.41, 5.74) is 2.66. The monoisotopic (exact) mass is 307 g/mol. The second-order valence-corrected chi connectivity index (χ2v) is 7.28. The van der Waals surface area contributed by atoms with Gasteiger partial charge >= 0.3 is 0 Å². The molecule has 108 valence electrons. The fourth-order valence-electron chi connectivity index (χ4n) is 2.74. The summed E-state index contributed by atoms with van der Waals surface area (Å²) < 4.78 is 0. The molecule has 3 rings (SSSR count). The Hall–Kier alpha value is -0.910. The molecule has 2 aromatic heterocycles. The van der Waals surface area contributed by atoms with Gasteiger partial charge in [0.25, 0.3) is 0 Å². The topological polar surface area (TPSA) is 28.2 Å². The molecule has 20 heavy (non-hydrogen) atoms. The molecule has 0 saturated carbocycles. The molecule has 0 fully saturated rings. The summed E-state index contributed by atoms with van der Waals surface area (Å²) in [6.45, 7) is 9.60. The van der Waals surface area contributed by atoms with E-state index in [1.165, 1.54) is 21.3 Å². The van der Waals surface area contributed by atoms with Crippen LogP contribution in [0.15, 0.2) is 11.4 Å². The van der Waals surface area contributed by atoms with Crippen molar-refractivity contribution < 1.29 is 0 Å². The lowest BCUT2D eigenvalue weighted by Crippen LogP contribution is -2.29. The van der Waals surface area contributed by atoms with Gasteiger partial charge in [0.05, 0.1) is 5.69 Å². The van der Waals surface area contributed by atoms with Gasteiger partial charge in [0, 0.05) is 28.9 Å². The van der Waals surface area contributed by atoms with Crippen molar-refractivity contribution in [3.05, 3.63) is 32.5 Å². The smallest absolute Gasteiger partial charge is 0.186 e. The first kappa shape index (κ1) is 14.0. The molecule has 0 radical (unpaired) electrons. The molecule has 0 bridgehead atoms. The average Bonchev–Trinajstić information content (AvgIpc) is 3.04. The molecule has 2 aromatic rings. The normalized spacial score (nSPS) is 16.2. The molecule has 0 aliphatic carbocycles. The van der Waals surface area contributed by atoms with Gasteiger partial charge in [-0.2, -0.15) is 0 Å². The van der Waals surface area contributed by atoms with Crippen LogP contribution in [0.1, 0.15) is 40.9 Å². The minimum Gasteiger partial charge on any atom is -0.343 e. The summed E-state index contributed by atoms with van der Waals surface area (Å²) in [7, 11) is 0. The zero-order chi connectivity index (χ0) is 14.1. The van der Waals surface area contributed by atoms with Gasteiger partial charge in [0.1, 0.15) is 0 Å². The van der Waals surface area contributed by atoms with Crippen molar-refractivity contribution in [3.8, 4) is 0 Å². The van der Waals surface area contributed by atoms with Crippen molar-refractivity contribution in [3.63, 3.8) is 0 Å². The van der Waals surface area contributed by atoms with Crippen LogP contribution in [0.5, 0.6) is 0 Å². The number of rotatable bonds is 4. The Morgan fingerprint density at radius 3 is 3.15 bits per heavy atom. The van der Waals surface area contributed by atoms with Gasteiger partial charge in [-0.3, -0.25) is 0 Å². The van der Waals surface area contributed by atoms with Crippen molar-refractivity contribution in [1.82, 2.24) is 10.3 Å². The van der Waals surface area contributed by atoms with Gasteiger partial charge in [-0.25, -0.2) is 4.98 Å². The molecule has 0 saturated heterocycles. The van der Waals surface area contributed by atoms with Crippen LogP contribution in [0, 0.1) is 6.92 Å². The van der Waals surface area contributed by atoms with Crippen molar-refractivity contribution in [2.75, 3.05) is 18.0 Å². The number of hydrogen-bond donors (Lipinski definition) is 1. The number of fused-ring (bicyclic) bond motifs is 1. The molecular formula is C15H21N3S2. The van der Waals surface area contributed by atoms with Crippen LogP contribution in [0.2, 0.25) is 0 Å². The Morgan fingerprint density at radius 2 is 2.35 bits per heavy atom. The van der Waals surface area contributed by atoms with E-state index in [0.717, 1.165) is 26.1 Å². The summed E-state index contributed by atoms with van der Waals surface area (Å²) in [4.78, 5) is 10.2. The van der Waals surface area contributed by atoms with Gasteiger partial charge in [-0.15, -0.1) is 22.7 Å². The van der Waals surface area contributed by atoms with E-state index in [9.17, 15) is 0 Å². The van der Waals surface area contributed by atoms with Crippen LogP contribution in [0.3, 0.4) is 0 Å². The molecule has 1 aliphatic heterocycles. The highest BCUT2D eigenvalue weighted by Crippen LogP contribution is 2.34. The highest BCUT2D eigenvalue weighted by atomic mass is 32.1. The second-order valence-electron chi connectivity index (χ2n) is 5.27. The molecule has 1 aliphatic rings. The van der Waals surface area contributed by atoms with E-state index >= 15 is 0 Å². The highest BCUT2D eigenvalue weighted by molar-refractivity contribution is 7.15. The highest BCUT2D eigenvalue weighted by Gasteiger charge is 2.22. The standard InChI is InChI=1S/C15H21N3S2/c1-4-16-10(2)14-11(3)17-15(20-14)18-7-5-13-12(9-18)6-8-19-13/h6,8,10,16H,4-5,7,9H2,1-3H3. The molecule has 0 aromatic carbocycles. The first-order valence-electron chi connectivity index (χ1n) is 7.20. The van der Waals surface area contributed by atoms with Crippen LogP contribution in [0.4, 0.5) is 5.13 Å². The quantitative estimate of drug-likeness (QED) is 0.932. The molecule has 1 unspecified atom stereocenters. The van der Waals surface area contributed by atoms with E-state index < -0.39 is 0 Å². The molecule has 1 atom stereocenters.